The fourth-order valence-corrected chi connectivity index (χ4v) is 20.1. The van der Waals surface area contributed by atoms with E-state index in [0.717, 1.165) is 17.8 Å². The van der Waals surface area contributed by atoms with Gasteiger partial charge in [-0.2, -0.15) is 0 Å². The molecule has 6 fully saturated rings. The molecule has 0 aliphatic carbocycles. The highest BCUT2D eigenvalue weighted by Crippen LogP contribution is 2.50. The van der Waals surface area contributed by atoms with Crippen LogP contribution in [0, 0.1) is 41.4 Å². The van der Waals surface area contributed by atoms with Crippen LogP contribution in [-0.2, 0) is 118 Å². The zero-order valence-electron chi connectivity index (χ0n) is 74.7. The van der Waals surface area contributed by atoms with Gasteiger partial charge in [0, 0.05) is 117 Å². The van der Waals surface area contributed by atoms with Gasteiger partial charge in [0.25, 0.3) is 0 Å². The Bertz CT molecular complexity index is 3120. The zero-order chi connectivity index (χ0) is 85.5. The van der Waals surface area contributed by atoms with Crippen LogP contribution in [0.2, 0.25) is 19.6 Å². The Hall–Kier alpha value is -3.45. The van der Waals surface area contributed by atoms with Crippen LogP contribution < -0.4 is 0 Å². The quantitative estimate of drug-likeness (QED) is 0.0578. The topological polar surface area (TPSA) is 317 Å². The van der Waals surface area contributed by atoms with Gasteiger partial charge < -0.3 is 114 Å². The van der Waals surface area contributed by atoms with Crippen LogP contribution in [-0.4, -0.2) is 298 Å². The number of hydrogen-bond donors (Lipinski definition) is 2. The molecule has 30 heteroatoms. The van der Waals surface area contributed by atoms with Crippen molar-refractivity contribution >= 4 is 38.0 Å². The molecule has 656 valence electrons. The number of likely N-dealkylation sites (N-methyl/N-ethyl adjacent to an activating group) is 2. The summed E-state index contributed by atoms with van der Waals surface area (Å²) in [6.07, 6.45) is -11.2. The smallest absolute Gasteiger partial charge is 0.311 e. The number of esters is 4. The van der Waals surface area contributed by atoms with Gasteiger partial charge in [0.15, 0.2) is 51.3 Å². The van der Waals surface area contributed by atoms with E-state index >= 15 is 0 Å². The lowest BCUT2D eigenvalue weighted by Crippen LogP contribution is -2.61. The van der Waals surface area contributed by atoms with Gasteiger partial charge in [0.1, 0.15) is 52.8 Å². The number of fused-ring (bicyclic) bond motifs is 2. The monoisotopic (exact) mass is 1630 g/mol. The molecule has 29 nitrogen and oxygen atoms in total. The second-order valence-electron chi connectivity index (χ2n) is 35.9. The number of aliphatic hydroxyl groups is 2. The summed E-state index contributed by atoms with van der Waals surface area (Å²) in [7, 11) is 15.5. The zero-order valence-corrected chi connectivity index (χ0v) is 75.7. The van der Waals surface area contributed by atoms with Gasteiger partial charge in [-0.25, -0.2) is 0 Å². The number of aliphatic hydroxyl groups excluding tert-OH is 1. The van der Waals surface area contributed by atoms with Crippen molar-refractivity contribution in [2.75, 3.05) is 84.1 Å². The van der Waals surface area contributed by atoms with Crippen molar-refractivity contribution in [2.24, 2.45) is 41.4 Å². The second kappa shape index (κ2) is 40.3. The molecule has 0 amide bonds. The van der Waals surface area contributed by atoms with Crippen LogP contribution in [0.4, 0.5) is 0 Å². The maximum atomic E-state index is 14.8. The first-order valence-corrected chi connectivity index (χ1v) is 44.3. The molecule has 7 heterocycles. The van der Waals surface area contributed by atoms with Crippen LogP contribution in [0.3, 0.4) is 0 Å². The predicted molar refractivity (Wildman–Crippen MR) is 421 cm³/mol. The molecule has 113 heavy (non-hydrogen) atoms. The molecule has 33 atom stereocenters. The fraction of sp³-hybridized carbons (Fsp3) is 0.916. The van der Waals surface area contributed by atoms with Crippen molar-refractivity contribution in [1.29, 1.82) is 0 Å². The Labute approximate surface area is 676 Å². The van der Waals surface area contributed by atoms with E-state index in [1.54, 1.807) is 63.1 Å². The number of carbonyl (C=O) groups excluding carboxylic acids is 5. The molecule has 2 N–H and O–H groups in total. The summed E-state index contributed by atoms with van der Waals surface area (Å²) >= 11 is 0. The second-order valence-corrected chi connectivity index (χ2v) is 40.3. The number of carbonyl (C=O) groups is 5. The maximum Gasteiger partial charge on any atom is 0.311 e. The third kappa shape index (κ3) is 22.4. The Balaban J connectivity index is 0.000000353. The number of hydrogen-bond acceptors (Lipinski definition) is 29. The third-order valence-corrected chi connectivity index (χ3v) is 26.6. The SMILES string of the molecule is CC[C@H]1OC(=O)[C@H](C)[C@@H](OC2C[C@@](C)(OC)[C@@H](OC(C)=O)[C@H](C)O2)[C@H](C)[C@@H](O[C@@H]2OCC[C@H](N(C)C)[C@H]2OC)[C@](C)(OC)C/C(C)=C2/OC1(C)[C@H](O[Si](C)(C)C)[C@H]2C.CC[C@H]1OC(=O)[C@H](C)[C@@H](OC2C[C@@](C)(OC)[C@@H](OC(C)=O)[C@H](C)O2)[C@H](C)[C@@H](O[C@@H]2OCC[C@H](N(C)C)[C@H]2OC)[C@](C)(OC)C[C@@H](C)C(=O)[C@H](C)[C@@H](O)[C@]1(C)O. The number of ketones is 1. The highest BCUT2D eigenvalue weighted by atomic mass is 28.4. The van der Waals surface area contributed by atoms with E-state index in [9.17, 15) is 34.2 Å². The average molecular weight is 1630 g/mol. The van der Waals surface area contributed by atoms with E-state index in [1.807, 2.05) is 97.4 Å². The van der Waals surface area contributed by atoms with E-state index in [1.165, 1.54) is 35.0 Å². The summed E-state index contributed by atoms with van der Waals surface area (Å²) in [5.41, 5.74) is -6.15. The van der Waals surface area contributed by atoms with Gasteiger partial charge in [-0.05, 0) is 162 Å². The van der Waals surface area contributed by atoms with Crippen molar-refractivity contribution < 1.29 is 129 Å². The molecular weight excluding hydrogens is 1480 g/mol. The van der Waals surface area contributed by atoms with Gasteiger partial charge >= 0.3 is 23.9 Å². The summed E-state index contributed by atoms with van der Waals surface area (Å²) in [6.45, 7) is 43.2. The van der Waals surface area contributed by atoms with Gasteiger partial charge in [-0.15, -0.1) is 0 Å². The van der Waals surface area contributed by atoms with E-state index in [4.69, 9.17) is 94.4 Å². The van der Waals surface area contributed by atoms with Gasteiger partial charge in [-0.1, -0.05) is 48.5 Å². The van der Waals surface area contributed by atoms with Gasteiger partial charge in [-0.3, -0.25) is 24.0 Å². The number of ether oxygens (including phenoxy) is 19. The largest absolute Gasteiger partial charge is 0.485 e. The minimum Gasteiger partial charge on any atom is -0.485 e. The number of Topliss-reactive ketones (excluding diaryl/α,β-unsaturated/α-hetero) is 1. The highest BCUT2D eigenvalue weighted by molar-refractivity contribution is 6.69. The molecule has 0 aromatic heterocycles. The summed E-state index contributed by atoms with van der Waals surface area (Å²) in [5, 5.41) is 23.2. The van der Waals surface area contributed by atoms with Crippen molar-refractivity contribution in [3.8, 4) is 0 Å². The van der Waals surface area contributed by atoms with Crippen molar-refractivity contribution in [1.82, 2.24) is 9.80 Å². The minimum atomic E-state index is -2.12. The molecule has 0 radical (unpaired) electrons. The lowest BCUT2D eigenvalue weighted by Gasteiger charge is -2.50. The molecule has 3 unspecified atom stereocenters. The molecule has 6 saturated heterocycles. The van der Waals surface area contributed by atoms with Gasteiger partial charge in [0.2, 0.25) is 0 Å². The first-order valence-electron chi connectivity index (χ1n) is 40.9. The van der Waals surface area contributed by atoms with E-state index in [-0.39, 0.29) is 55.6 Å². The molecule has 7 aliphatic rings. The van der Waals surface area contributed by atoms with E-state index < -0.39 is 206 Å². The van der Waals surface area contributed by atoms with E-state index in [2.05, 4.69) is 43.3 Å². The van der Waals surface area contributed by atoms with Crippen molar-refractivity contribution in [3.05, 3.63) is 11.3 Å². The van der Waals surface area contributed by atoms with Gasteiger partial charge in [0.05, 0.1) is 85.1 Å². The maximum absolute atomic E-state index is 14.8. The Morgan fingerprint density at radius 2 is 0.920 bits per heavy atom. The molecule has 7 rings (SSSR count). The molecule has 0 saturated carbocycles. The van der Waals surface area contributed by atoms with Crippen molar-refractivity contribution in [2.45, 2.75) is 366 Å². The van der Waals surface area contributed by atoms with Crippen LogP contribution >= 0.6 is 0 Å². The number of cyclic esters (lactones) is 2. The standard InChI is InChI=1S/C43H77NO13Si.C40H71NO14/c1-19-31-43(10)37(57-58(16,17)18)25(3)33(56-43)24(2)22-41(8,48-14)36(55-40-35(47-13)30(44(11)12)20-21-50-40)26(4)34(27(5)39(46)53-31)54-32-23-42(9,49-15)38(28(6)51-32)52-29(7)45;1-16-28-40(10,46)33(44)22(3)30(43)21(2)19-38(8,48-14)34(55-37-32(47-13)27(41(11)12)17-18-50-37)23(4)31(24(5)36(45)53-28)54-29-20-39(9,49-15)35(25(6)51-29)52-26(7)42/h25-28,30-32,34-38,40H,19-23H2,1-18H3;21-25,27-29,31-35,37,44,46H,16-20H2,1-15H3/b33-24+;/t25-,26-,27+,28-,30-,31+,32?,34-,35+,36+,37+,38-,40-,41+,42+,43?;21-,22+,23+,24-,25+,27+,28-,29?,31+,32-,33-,34-,35+,37+,38-,39-,40-/m01/s1. The number of rotatable bonds is 22. The normalized spacial score (nSPS) is 45.0. The molecule has 0 spiro atoms. The Kier molecular flexibility index (Phi) is 35.1. The third-order valence-electron chi connectivity index (χ3n) is 25.6. The first-order chi connectivity index (χ1) is 52.4. The summed E-state index contributed by atoms with van der Waals surface area (Å²) in [4.78, 5) is 71.5. The predicted octanol–water partition coefficient (Wildman–Crippen LogP) is 9.52. The van der Waals surface area contributed by atoms with E-state index in [0.29, 0.717) is 32.5 Å². The van der Waals surface area contributed by atoms with Crippen LogP contribution in [0.25, 0.3) is 0 Å². The number of nitrogens with zero attached hydrogens (tertiary/aromatic N) is 2. The molecule has 7 aliphatic heterocycles. The highest BCUT2D eigenvalue weighted by Gasteiger charge is 2.61. The lowest BCUT2D eigenvalue weighted by molar-refractivity contribution is -0.316. The van der Waals surface area contributed by atoms with Crippen molar-refractivity contribution in [3.63, 3.8) is 0 Å². The van der Waals surface area contributed by atoms with Crippen LogP contribution in [0.1, 0.15) is 190 Å². The minimum absolute atomic E-state index is 0.0288. The molecular formula is C83H148N2O27Si. The van der Waals surface area contributed by atoms with Crippen LogP contribution in [0.15, 0.2) is 11.3 Å². The molecule has 0 aromatic carbocycles. The van der Waals surface area contributed by atoms with Crippen LogP contribution in [0.5, 0.6) is 0 Å². The first kappa shape index (κ1) is 98.4. The lowest BCUT2D eigenvalue weighted by atomic mass is 9.74. The summed E-state index contributed by atoms with van der Waals surface area (Å²) in [6, 6.07) is -0.0101. The number of methoxy groups -OCH3 is 6. The summed E-state index contributed by atoms with van der Waals surface area (Å²) < 4.78 is 128. The average Bonchev–Trinajstić information content (AvgIpc) is 1.15. The summed E-state index contributed by atoms with van der Waals surface area (Å²) in [5.74, 6) is -6.42. The Morgan fingerprint density at radius 1 is 0.531 bits per heavy atom. The fourth-order valence-electron chi connectivity index (χ4n) is 18.9. The Morgan fingerprint density at radius 3 is 1.28 bits per heavy atom. The molecule has 0 aromatic rings. The molecule has 2 bridgehead atoms.